The molecule has 122 valence electrons. The molecule has 2 atom stereocenters. The fourth-order valence-corrected chi connectivity index (χ4v) is 3.66. The summed E-state index contributed by atoms with van der Waals surface area (Å²) < 4.78 is 5.71. The Balaban J connectivity index is 1.80. The second kappa shape index (κ2) is 6.11. The second-order valence-corrected chi connectivity index (χ2v) is 6.33. The number of cyclic esters (lactones) is 1. The van der Waals surface area contributed by atoms with E-state index >= 15 is 0 Å². The largest absolute Gasteiger partial charge is 0.453 e. The molecule has 2 aliphatic rings. The molecule has 2 aromatic rings. The minimum Gasteiger partial charge on any atom is -0.453 e. The summed E-state index contributed by atoms with van der Waals surface area (Å²) in [6.45, 7) is 1.57. The summed E-state index contributed by atoms with van der Waals surface area (Å²) in [5, 5.41) is 0. The molecule has 4 nitrogen and oxygen atoms in total. The van der Waals surface area contributed by atoms with Crippen molar-refractivity contribution in [1.29, 1.82) is 0 Å². The molecule has 4 rings (SSSR count). The van der Waals surface area contributed by atoms with Crippen LogP contribution >= 0.6 is 0 Å². The minimum absolute atomic E-state index is 0.0568. The van der Waals surface area contributed by atoms with Gasteiger partial charge in [-0.3, -0.25) is 4.79 Å². The Morgan fingerprint density at radius 2 is 1.62 bits per heavy atom. The number of nitrogens with zero attached hydrogens (tertiary/aromatic N) is 1. The zero-order valence-electron chi connectivity index (χ0n) is 13.4. The Morgan fingerprint density at radius 3 is 2.38 bits per heavy atom. The van der Waals surface area contributed by atoms with Crippen LogP contribution in [0.25, 0.3) is 0 Å². The number of hydrogen-bond acceptors (Lipinski definition) is 3. The molecule has 1 fully saturated rings. The van der Waals surface area contributed by atoms with Crippen molar-refractivity contribution >= 4 is 11.9 Å². The topological polar surface area (TPSA) is 46.6 Å². The summed E-state index contributed by atoms with van der Waals surface area (Å²) in [4.78, 5) is 27.5. The summed E-state index contributed by atoms with van der Waals surface area (Å²) in [6, 6.07) is 16.9. The molecule has 1 amide bonds. The van der Waals surface area contributed by atoms with Crippen molar-refractivity contribution in [3.05, 3.63) is 71.3 Å². The third kappa shape index (κ3) is 2.48. The van der Waals surface area contributed by atoms with Crippen molar-refractivity contribution in [2.75, 3.05) is 13.1 Å². The Kier molecular flexibility index (Phi) is 3.81. The smallest absolute Gasteiger partial charge is 0.339 e. The SMILES string of the molecule is O=C1O[C@@H](c2ccccc2)[C@@H](C(=O)N2CCCC2)c2ccccc21. The molecule has 0 aliphatic carbocycles. The number of fused-ring (bicyclic) bond motifs is 1. The van der Waals surface area contributed by atoms with Crippen LogP contribution in [0.3, 0.4) is 0 Å². The lowest BCUT2D eigenvalue weighted by atomic mass is 9.83. The number of likely N-dealkylation sites (tertiary alicyclic amines) is 1. The van der Waals surface area contributed by atoms with Crippen molar-refractivity contribution in [1.82, 2.24) is 4.90 Å². The molecule has 2 aromatic carbocycles. The van der Waals surface area contributed by atoms with Gasteiger partial charge in [0.15, 0.2) is 0 Å². The Morgan fingerprint density at radius 1 is 0.958 bits per heavy atom. The lowest BCUT2D eigenvalue weighted by Gasteiger charge is -2.34. The third-order valence-corrected chi connectivity index (χ3v) is 4.86. The maximum atomic E-state index is 13.2. The fraction of sp³-hybridized carbons (Fsp3) is 0.300. The van der Waals surface area contributed by atoms with E-state index in [0.717, 1.165) is 37.1 Å². The summed E-state index contributed by atoms with van der Waals surface area (Å²) in [7, 11) is 0. The van der Waals surface area contributed by atoms with E-state index in [0.29, 0.717) is 5.56 Å². The van der Waals surface area contributed by atoms with E-state index in [1.165, 1.54) is 0 Å². The number of esters is 1. The van der Waals surface area contributed by atoms with E-state index in [2.05, 4.69) is 0 Å². The van der Waals surface area contributed by atoms with Crippen LogP contribution in [0.15, 0.2) is 54.6 Å². The van der Waals surface area contributed by atoms with E-state index in [1.807, 2.05) is 47.4 Å². The standard InChI is InChI=1S/C20H19NO3/c22-19(21-12-6-7-13-21)17-15-10-4-5-11-16(15)20(23)24-18(17)14-8-2-1-3-9-14/h1-5,8-11,17-18H,6-7,12-13H2/t17-,18-/m0/s1. The zero-order valence-corrected chi connectivity index (χ0v) is 13.4. The molecule has 0 spiro atoms. The van der Waals surface area contributed by atoms with Crippen molar-refractivity contribution in [3.8, 4) is 0 Å². The van der Waals surface area contributed by atoms with E-state index in [1.54, 1.807) is 12.1 Å². The van der Waals surface area contributed by atoms with Crippen molar-refractivity contribution < 1.29 is 14.3 Å². The summed E-state index contributed by atoms with van der Waals surface area (Å²) in [5.74, 6) is -0.773. The number of benzene rings is 2. The number of amides is 1. The van der Waals surface area contributed by atoms with E-state index in [4.69, 9.17) is 4.74 Å². The number of ether oxygens (including phenoxy) is 1. The highest BCUT2D eigenvalue weighted by molar-refractivity contribution is 5.97. The normalized spacial score (nSPS) is 22.8. The van der Waals surface area contributed by atoms with Crippen molar-refractivity contribution in [2.24, 2.45) is 0 Å². The minimum atomic E-state index is -0.568. The molecule has 2 aliphatic heterocycles. The van der Waals surface area contributed by atoms with Gasteiger partial charge in [0, 0.05) is 13.1 Å². The fourth-order valence-electron chi connectivity index (χ4n) is 3.66. The van der Waals surface area contributed by atoms with Crippen LogP contribution < -0.4 is 0 Å². The van der Waals surface area contributed by atoms with Gasteiger partial charge in [-0.15, -0.1) is 0 Å². The van der Waals surface area contributed by atoms with Gasteiger partial charge in [0.1, 0.15) is 12.0 Å². The second-order valence-electron chi connectivity index (χ2n) is 6.33. The zero-order chi connectivity index (χ0) is 16.5. The van der Waals surface area contributed by atoms with Gasteiger partial charge < -0.3 is 9.64 Å². The quantitative estimate of drug-likeness (QED) is 0.797. The van der Waals surface area contributed by atoms with Crippen LogP contribution in [0.4, 0.5) is 0 Å². The number of hydrogen-bond donors (Lipinski definition) is 0. The van der Waals surface area contributed by atoms with Crippen molar-refractivity contribution in [3.63, 3.8) is 0 Å². The predicted molar refractivity (Wildman–Crippen MR) is 89.6 cm³/mol. The van der Waals surface area contributed by atoms with E-state index < -0.39 is 12.0 Å². The molecule has 4 heteroatoms. The molecule has 24 heavy (non-hydrogen) atoms. The molecule has 0 N–H and O–H groups in total. The molecule has 1 saturated heterocycles. The molecule has 0 unspecified atom stereocenters. The molecule has 0 saturated carbocycles. The van der Waals surface area contributed by atoms with Gasteiger partial charge in [0.05, 0.1) is 5.56 Å². The average molecular weight is 321 g/mol. The van der Waals surface area contributed by atoms with Crippen molar-refractivity contribution in [2.45, 2.75) is 24.9 Å². The van der Waals surface area contributed by atoms with Crippen LogP contribution in [0, 0.1) is 0 Å². The van der Waals surface area contributed by atoms with Gasteiger partial charge in [-0.1, -0.05) is 48.5 Å². The van der Waals surface area contributed by atoms with Gasteiger partial charge >= 0.3 is 5.97 Å². The third-order valence-electron chi connectivity index (χ3n) is 4.86. The maximum Gasteiger partial charge on any atom is 0.339 e. The Hall–Kier alpha value is -2.62. The monoisotopic (exact) mass is 321 g/mol. The van der Waals surface area contributed by atoms with Gasteiger partial charge in [-0.2, -0.15) is 0 Å². The van der Waals surface area contributed by atoms with Crippen LogP contribution in [0.1, 0.15) is 46.3 Å². The van der Waals surface area contributed by atoms with Gasteiger partial charge in [0.25, 0.3) is 0 Å². The van der Waals surface area contributed by atoms with Gasteiger partial charge in [0.2, 0.25) is 5.91 Å². The highest BCUT2D eigenvalue weighted by Crippen LogP contribution is 2.42. The van der Waals surface area contributed by atoms with E-state index in [9.17, 15) is 9.59 Å². The first kappa shape index (κ1) is 14.9. The van der Waals surface area contributed by atoms with Crippen LogP contribution in [-0.2, 0) is 9.53 Å². The van der Waals surface area contributed by atoms with Crippen LogP contribution in [-0.4, -0.2) is 29.9 Å². The number of rotatable bonds is 2. The lowest BCUT2D eigenvalue weighted by Crippen LogP contribution is -2.39. The highest BCUT2D eigenvalue weighted by atomic mass is 16.5. The first-order chi connectivity index (χ1) is 11.8. The number of carbonyl (C=O) groups is 2. The van der Waals surface area contributed by atoms with Crippen LogP contribution in [0.2, 0.25) is 0 Å². The van der Waals surface area contributed by atoms with E-state index in [-0.39, 0.29) is 11.9 Å². The predicted octanol–water partition coefficient (Wildman–Crippen LogP) is 3.30. The Bertz CT molecular complexity index is 765. The summed E-state index contributed by atoms with van der Waals surface area (Å²) in [6.07, 6.45) is 1.51. The highest BCUT2D eigenvalue weighted by Gasteiger charge is 2.42. The molecule has 0 radical (unpaired) electrons. The van der Waals surface area contributed by atoms with Crippen LogP contribution in [0.5, 0.6) is 0 Å². The maximum absolute atomic E-state index is 13.2. The number of carbonyl (C=O) groups excluding carboxylic acids is 2. The Labute approximate surface area is 141 Å². The average Bonchev–Trinajstić information content (AvgIpc) is 3.17. The molecule has 0 bridgehead atoms. The van der Waals surface area contributed by atoms with Gasteiger partial charge in [-0.05, 0) is 30.0 Å². The summed E-state index contributed by atoms with van der Waals surface area (Å²) in [5.41, 5.74) is 2.14. The lowest BCUT2D eigenvalue weighted by molar-refractivity contribution is -0.135. The molecular weight excluding hydrogens is 302 g/mol. The molecule has 0 aromatic heterocycles. The first-order valence-corrected chi connectivity index (χ1v) is 8.39. The molecule has 2 heterocycles. The first-order valence-electron chi connectivity index (χ1n) is 8.39. The van der Waals surface area contributed by atoms with Gasteiger partial charge in [-0.25, -0.2) is 4.79 Å². The molecular formula is C20H19NO3. The summed E-state index contributed by atoms with van der Waals surface area (Å²) >= 11 is 0.